The van der Waals surface area contributed by atoms with Crippen LogP contribution in [0, 0.1) is 11.8 Å². The second kappa shape index (κ2) is 3.49. The summed E-state index contributed by atoms with van der Waals surface area (Å²) >= 11 is 0. The number of nitrogens with two attached hydrogens (primary N) is 1. The summed E-state index contributed by atoms with van der Waals surface area (Å²) in [5, 5.41) is 0. The molecule has 2 atom stereocenters. The average Bonchev–Trinajstić information content (AvgIpc) is 3.05. The van der Waals surface area contributed by atoms with Gasteiger partial charge in [-0.15, -0.1) is 0 Å². The number of halogens is 3. The Hall–Kier alpha value is -2.05. The van der Waals surface area contributed by atoms with E-state index in [1.165, 1.54) is 0 Å². The van der Waals surface area contributed by atoms with Crippen LogP contribution in [0.3, 0.4) is 0 Å². The highest BCUT2D eigenvalue weighted by molar-refractivity contribution is 6.25. The Balaban J connectivity index is 1.99. The molecule has 1 aliphatic carbocycles. The quantitative estimate of drug-likeness (QED) is 0.625. The number of alkyl halides is 3. The molecular formula is C12H9F3N2O2. The third kappa shape index (κ3) is 1.68. The third-order valence-corrected chi connectivity index (χ3v) is 3.46. The van der Waals surface area contributed by atoms with E-state index in [9.17, 15) is 22.8 Å². The predicted octanol–water partition coefficient (Wildman–Crippen LogP) is 1.80. The zero-order valence-electron chi connectivity index (χ0n) is 9.57. The molecule has 0 spiro atoms. The second-order valence-corrected chi connectivity index (χ2v) is 4.73. The zero-order valence-corrected chi connectivity index (χ0v) is 9.57. The van der Waals surface area contributed by atoms with Gasteiger partial charge in [0, 0.05) is 0 Å². The summed E-state index contributed by atoms with van der Waals surface area (Å²) in [7, 11) is 0. The molecule has 2 unspecified atom stereocenters. The van der Waals surface area contributed by atoms with Crippen molar-refractivity contribution in [3.8, 4) is 0 Å². The molecule has 1 aromatic carbocycles. The highest BCUT2D eigenvalue weighted by Crippen LogP contribution is 2.49. The van der Waals surface area contributed by atoms with E-state index in [0.717, 1.165) is 23.1 Å². The molecule has 1 aromatic rings. The summed E-state index contributed by atoms with van der Waals surface area (Å²) in [6.07, 6.45) is -3.97. The molecule has 1 heterocycles. The van der Waals surface area contributed by atoms with Gasteiger partial charge in [-0.3, -0.25) is 9.59 Å². The lowest BCUT2D eigenvalue weighted by molar-refractivity contribution is -0.137. The minimum Gasteiger partial charge on any atom is -0.397 e. The van der Waals surface area contributed by atoms with E-state index in [2.05, 4.69) is 0 Å². The van der Waals surface area contributed by atoms with Gasteiger partial charge in [-0.05, 0) is 24.6 Å². The summed E-state index contributed by atoms with van der Waals surface area (Å²) < 4.78 is 37.5. The van der Waals surface area contributed by atoms with Crippen molar-refractivity contribution < 1.29 is 22.8 Å². The van der Waals surface area contributed by atoms with Crippen molar-refractivity contribution in [1.29, 1.82) is 0 Å². The molecule has 1 saturated heterocycles. The van der Waals surface area contributed by atoms with E-state index in [1.54, 1.807) is 0 Å². The van der Waals surface area contributed by atoms with Crippen LogP contribution in [-0.4, -0.2) is 11.8 Å². The third-order valence-electron chi connectivity index (χ3n) is 3.46. The minimum atomic E-state index is -4.51. The van der Waals surface area contributed by atoms with Crippen LogP contribution in [0.4, 0.5) is 24.5 Å². The van der Waals surface area contributed by atoms with Gasteiger partial charge >= 0.3 is 6.18 Å². The van der Waals surface area contributed by atoms with Crippen LogP contribution >= 0.6 is 0 Å². The molecule has 0 radical (unpaired) electrons. The van der Waals surface area contributed by atoms with Gasteiger partial charge in [0.1, 0.15) is 0 Å². The van der Waals surface area contributed by atoms with E-state index in [4.69, 9.17) is 5.73 Å². The van der Waals surface area contributed by atoms with E-state index >= 15 is 0 Å². The van der Waals surface area contributed by atoms with E-state index in [1.807, 2.05) is 0 Å². The SMILES string of the molecule is Nc1cc(C(F)(F)F)ccc1N1C(=O)C2CC2C1=O. The van der Waals surface area contributed by atoms with Crippen LogP contribution in [0.15, 0.2) is 18.2 Å². The van der Waals surface area contributed by atoms with Crippen molar-refractivity contribution in [1.82, 2.24) is 0 Å². The maximum Gasteiger partial charge on any atom is 0.416 e. The van der Waals surface area contributed by atoms with Crippen LogP contribution in [0.5, 0.6) is 0 Å². The summed E-state index contributed by atoms with van der Waals surface area (Å²) in [6.45, 7) is 0. The van der Waals surface area contributed by atoms with Gasteiger partial charge in [-0.25, -0.2) is 4.90 Å². The molecule has 1 saturated carbocycles. The number of nitrogen functional groups attached to an aromatic ring is 1. The maximum atomic E-state index is 12.5. The average molecular weight is 270 g/mol. The molecule has 100 valence electrons. The summed E-state index contributed by atoms with van der Waals surface area (Å²) in [6, 6.07) is 2.62. The number of piperidine rings is 1. The van der Waals surface area contributed by atoms with E-state index in [0.29, 0.717) is 6.42 Å². The minimum absolute atomic E-state index is 0.0372. The standard InChI is InChI=1S/C12H9F3N2O2/c13-12(14,15)5-1-2-9(8(16)3-5)17-10(18)6-4-7(6)11(17)19/h1-3,6-7H,4,16H2. The second-order valence-electron chi connectivity index (χ2n) is 4.73. The maximum absolute atomic E-state index is 12.5. The molecule has 2 N–H and O–H groups in total. The van der Waals surface area contributed by atoms with Gasteiger partial charge in [0.15, 0.2) is 0 Å². The number of hydrogen-bond donors (Lipinski definition) is 1. The van der Waals surface area contributed by atoms with Crippen LogP contribution in [-0.2, 0) is 15.8 Å². The lowest BCUT2D eigenvalue weighted by Crippen LogP contribution is -2.33. The van der Waals surface area contributed by atoms with Gasteiger partial charge in [-0.1, -0.05) is 0 Å². The van der Waals surface area contributed by atoms with Crippen LogP contribution < -0.4 is 10.6 Å². The smallest absolute Gasteiger partial charge is 0.397 e. The lowest BCUT2D eigenvalue weighted by atomic mass is 10.1. The van der Waals surface area contributed by atoms with E-state index in [-0.39, 0.29) is 35.0 Å². The monoisotopic (exact) mass is 270 g/mol. The topological polar surface area (TPSA) is 63.4 Å². The van der Waals surface area contributed by atoms with Crippen molar-refractivity contribution in [3.63, 3.8) is 0 Å². The summed E-state index contributed by atoms with van der Waals surface area (Å²) in [4.78, 5) is 24.5. The first-order valence-electron chi connectivity index (χ1n) is 5.65. The number of nitrogens with zero attached hydrogens (tertiary/aromatic N) is 1. The van der Waals surface area contributed by atoms with Gasteiger partial charge in [-0.2, -0.15) is 13.2 Å². The van der Waals surface area contributed by atoms with Crippen molar-refractivity contribution in [2.75, 3.05) is 10.6 Å². The Morgan fingerprint density at radius 2 is 1.74 bits per heavy atom. The first-order valence-corrected chi connectivity index (χ1v) is 5.65. The Kier molecular flexibility index (Phi) is 2.21. The number of carbonyl (C=O) groups excluding carboxylic acids is 2. The molecule has 0 aromatic heterocycles. The molecule has 4 nitrogen and oxygen atoms in total. The van der Waals surface area contributed by atoms with Gasteiger partial charge in [0.2, 0.25) is 11.8 Å². The molecule has 2 amide bonds. The number of amides is 2. The molecule has 3 rings (SSSR count). The number of benzene rings is 1. The summed E-state index contributed by atoms with van der Waals surface area (Å²) in [5.41, 5.74) is 4.44. The molecule has 2 fully saturated rings. The molecule has 7 heteroatoms. The number of rotatable bonds is 1. The molecule has 19 heavy (non-hydrogen) atoms. The predicted molar refractivity (Wildman–Crippen MR) is 59.9 cm³/mol. The fourth-order valence-electron chi connectivity index (χ4n) is 2.35. The van der Waals surface area contributed by atoms with Crippen molar-refractivity contribution in [2.24, 2.45) is 11.8 Å². The van der Waals surface area contributed by atoms with Crippen LogP contribution in [0.2, 0.25) is 0 Å². The van der Waals surface area contributed by atoms with Gasteiger partial charge < -0.3 is 5.73 Å². The van der Waals surface area contributed by atoms with E-state index < -0.39 is 11.7 Å². The normalized spacial score (nSPS) is 25.7. The van der Waals surface area contributed by atoms with Crippen molar-refractivity contribution >= 4 is 23.2 Å². The fraction of sp³-hybridized carbons (Fsp3) is 0.333. The fourth-order valence-corrected chi connectivity index (χ4v) is 2.35. The largest absolute Gasteiger partial charge is 0.416 e. The number of fused-ring (bicyclic) bond motifs is 1. The number of hydrogen-bond acceptors (Lipinski definition) is 3. The first kappa shape index (κ1) is 12.0. The molecular weight excluding hydrogens is 261 g/mol. The Morgan fingerprint density at radius 3 is 2.21 bits per heavy atom. The van der Waals surface area contributed by atoms with Gasteiger partial charge in [0.05, 0.1) is 28.8 Å². The highest BCUT2D eigenvalue weighted by atomic mass is 19.4. The number of anilines is 2. The highest BCUT2D eigenvalue weighted by Gasteiger charge is 2.59. The Morgan fingerprint density at radius 1 is 1.16 bits per heavy atom. The van der Waals surface area contributed by atoms with Gasteiger partial charge in [0.25, 0.3) is 0 Å². The first-order chi connectivity index (χ1) is 8.80. The molecule has 2 aliphatic rings. The van der Waals surface area contributed by atoms with Crippen molar-refractivity contribution in [2.45, 2.75) is 12.6 Å². The number of imide groups is 1. The van der Waals surface area contributed by atoms with Crippen LogP contribution in [0.25, 0.3) is 0 Å². The molecule has 0 bridgehead atoms. The zero-order chi connectivity index (χ0) is 13.9. The summed E-state index contributed by atoms with van der Waals surface area (Å²) in [5.74, 6) is -1.37. The van der Waals surface area contributed by atoms with Crippen molar-refractivity contribution in [3.05, 3.63) is 23.8 Å². The lowest BCUT2D eigenvalue weighted by Gasteiger charge is -2.19. The number of carbonyl (C=O) groups is 2. The molecule has 1 aliphatic heterocycles. The Labute approximate surface area is 106 Å². The van der Waals surface area contributed by atoms with Crippen LogP contribution in [0.1, 0.15) is 12.0 Å². The Bertz CT molecular complexity index is 577.